The van der Waals surface area contributed by atoms with Gasteiger partial charge in [-0.2, -0.15) is 11.8 Å². The molecular weight excluding hydrogens is 350 g/mol. The lowest BCUT2D eigenvalue weighted by molar-refractivity contribution is 0.0745. The van der Waals surface area contributed by atoms with Crippen LogP contribution in [0.15, 0.2) is 36.8 Å². The van der Waals surface area contributed by atoms with E-state index in [2.05, 4.69) is 19.9 Å². The highest BCUT2D eigenvalue weighted by atomic mass is 32.2. The molecule has 0 aromatic carbocycles. The van der Waals surface area contributed by atoms with Gasteiger partial charge in [-0.3, -0.25) is 4.79 Å². The minimum Gasteiger partial charge on any atom is -0.473 e. The van der Waals surface area contributed by atoms with Gasteiger partial charge in [-0.1, -0.05) is 0 Å². The number of piperazine rings is 1. The fourth-order valence-corrected chi connectivity index (χ4v) is 4.19. The summed E-state index contributed by atoms with van der Waals surface area (Å²) in [7, 11) is 0. The topological polar surface area (TPSA) is 71.5 Å². The number of thioether (sulfide) groups is 1. The number of hydrogen-bond donors (Lipinski definition) is 0. The lowest BCUT2D eigenvalue weighted by atomic mass is 10.2. The minimum absolute atomic E-state index is 0.00843. The van der Waals surface area contributed by atoms with Crippen LogP contribution in [0.25, 0.3) is 0 Å². The fraction of sp³-hybridized carbons (Fsp3) is 0.444. The predicted molar refractivity (Wildman–Crippen MR) is 101 cm³/mol. The Morgan fingerprint density at radius 3 is 2.58 bits per heavy atom. The summed E-state index contributed by atoms with van der Waals surface area (Å²) in [4.78, 5) is 29.5. The van der Waals surface area contributed by atoms with Crippen LogP contribution in [0.4, 0.5) is 5.95 Å². The van der Waals surface area contributed by atoms with Gasteiger partial charge in [0, 0.05) is 56.6 Å². The summed E-state index contributed by atoms with van der Waals surface area (Å²) >= 11 is 1.90. The molecule has 26 heavy (non-hydrogen) atoms. The average Bonchev–Trinajstić information content (AvgIpc) is 3.22. The molecule has 0 bridgehead atoms. The number of nitrogens with zero attached hydrogens (tertiary/aromatic N) is 5. The van der Waals surface area contributed by atoms with E-state index in [0.717, 1.165) is 31.0 Å². The normalized spacial score (nSPS) is 20.2. The number of aromatic nitrogens is 3. The van der Waals surface area contributed by atoms with Gasteiger partial charge in [-0.05, 0) is 24.3 Å². The van der Waals surface area contributed by atoms with E-state index in [1.165, 1.54) is 0 Å². The highest BCUT2D eigenvalue weighted by Crippen LogP contribution is 2.22. The second kappa shape index (κ2) is 7.90. The van der Waals surface area contributed by atoms with Gasteiger partial charge in [0.05, 0.1) is 5.56 Å². The first-order valence-corrected chi connectivity index (χ1v) is 9.97. The third kappa shape index (κ3) is 3.90. The molecule has 8 heteroatoms. The average molecular weight is 371 g/mol. The van der Waals surface area contributed by atoms with Crippen molar-refractivity contribution < 1.29 is 9.53 Å². The Morgan fingerprint density at radius 2 is 1.92 bits per heavy atom. The molecule has 2 saturated heterocycles. The number of pyridine rings is 1. The summed E-state index contributed by atoms with van der Waals surface area (Å²) in [6, 6.07) is 5.40. The molecule has 2 aliphatic rings. The molecule has 2 aromatic rings. The number of carbonyl (C=O) groups is 1. The van der Waals surface area contributed by atoms with Crippen molar-refractivity contribution in [2.24, 2.45) is 0 Å². The van der Waals surface area contributed by atoms with Crippen molar-refractivity contribution in [3.05, 3.63) is 42.4 Å². The number of anilines is 1. The quantitative estimate of drug-likeness (QED) is 0.810. The van der Waals surface area contributed by atoms with Crippen LogP contribution in [0.3, 0.4) is 0 Å². The van der Waals surface area contributed by atoms with Crippen molar-refractivity contribution in [3.63, 3.8) is 0 Å². The van der Waals surface area contributed by atoms with Crippen LogP contribution >= 0.6 is 11.8 Å². The first-order valence-electron chi connectivity index (χ1n) is 8.81. The lowest BCUT2D eigenvalue weighted by Crippen LogP contribution is -2.49. The minimum atomic E-state index is 0.00843. The Balaban J connectivity index is 1.33. The Bertz CT molecular complexity index is 729. The number of hydrogen-bond acceptors (Lipinski definition) is 7. The molecule has 136 valence electrons. The number of rotatable bonds is 4. The standard InChI is InChI=1S/C18H21N5O2S/c24-17(14-2-3-16(21-12-14)25-15-4-11-26-13-15)22-7-9-23(10-8-22)18-19-5-1-6-20-18/h1-3,5-6,12,15H,4,7-11,13H2. The zero-order valence-electron chi connectivity index (χ0n) is 14.5. The molecule has 0 N–H and O–H groups in total. The van der Waals surface area contributed by atoms with E-state index in [-0.39, 0.29) is 12.0 Å². The Morgan fingerprint density at radius 1 is 1.12 bits per heavy atom. The second-order valence-corrected chi connectivity index (χ2v) is 7.47. The van der Waals surface area contributed by atoms with Gasteiger partial charge >= 0.3 is 0 Å². The first-order chi connectivity index (χ1) is 12.8. The van der Waals surface area contributed by atoms with Gasteiger partial charge < -0.3 is 14.5 Å². The monoisotopic (exact) mass is 371 g/mol. The molecule has 0 saturated carbocycles. The molecule has 1 unspecified atom stereocenters. The van der Waals surface area contributed by atoms with Crippen molar-refractivity contribution in [1.82, 2.24) is 19.9 Å². The fourth-order valence-electron chi connectivity index (χ4n) is 3.10. The van der Waals surface area contributed by atoms with Crippen molar-refractivity contribution in [2.45, 2.75) is 12.5 Å². The third-order valence-corrected chi connectivity index (χ3v) is 5.69. The van der Waals surface area contributed by atoms with Gasteiger partial charge in [-0.25, -0.2) is 15.0 Å². The highest BCUT2D eigenvalue weighted by Gasteiger charge is 2.24. The lowest BCUT2D eigenvalue weighted by Gasteiger charge is -2.34. The zero-order valence-corrected chi connectivity index (χ0v) is 15.3. The largest absolute Gasteiger partial charge is 0.473 e. The van der Waals surface area contributed by atoms with E-state index in [0.29, 0.717) is 30.5 Å². The number of ether oxygens (including phenoxy) is 1. The molecule has 0 aliphatic carbocycles. The summed E-state index contributed by atoms with van der Waals surface area (Å²) in [6.45, 7) is 2.75. The Hall–Kier alpha value is -2.35. The van der Waals surface area contributed by atoms with Crippen LogP contribution in [0.5, 0.6) is 5.88 Å². The molecule has 4 heterocycles. The molecular formula is C18H21N5O2S. The molecule has 1 atom stereocenters. The van der Waals surface area contributed by atoms with Crippen LogP contribution in [0.1, 0.15) is 16.8 Å². The van der Waals surface area contributed by atoms with Crippen LogP contribution in [0.2, 0.25) is 0 Å². The predicted octanol–water partition coefficient (Wildman–Crippen LogP) is 1.72. The summed E-state index contributed by atoms with van der Waals surface area (Å²) in [5.74, 6) is 3.47. The van der Waals surface area contributed by atoms with Gasteiger partial charge in [0.1, 0.15) is 6.10 Å². The summed E-state index contributed by atoms with van der Waals surface area (Å²) in [6.07, 6.45) is 6.38. The maximum absolute atomic E-state index is 12.7. The first kappa shape index (κ1) is 17.1. The van der Waals surface area contributed by atoms with Gasteiger partial charge in [0.15, 0.2) is 0 Å². The van der Waals surface area contributed by atoms with Crippen molar-refractivity contribution in [1.29, 1.82) is 0 Å². The van der Waals surface area contributed by atoms with E-state index in [4.69, 9.17) is 4.74 Å². The van der Waals surface area contributed by atoms with E-state index in [1.807, 2.05) is 16.7 Å². The van der Waals surface area contributed by atoms with Crippen LogP contribution < -0.4 is 9.64 Å². The van der Waals surface area contributed by atoms with Crippen LogP contribution in [-0.2, 0) is 0 Å². The van der Waals surface area contributed by atoms with Crippen molar-refractivity contribution in [2.75, 3.05) is 42.6 Å². The zero-order chi connectivity index (χ0) is 17.8. The molecule has 1 amide bonds. The molecule has 2 aliphatic heterocycles. The van der Waals surface area contributed by atoms with Crippen molar-refractivity contribution in [3.8, 4) is 5.88 Å². The third-order valence-electron chi connectivity index (χ3n) is 4.56. The van der Waals surface area contributed by atoms with Gasteiger partial charge in [0.2, 0.25) is 11.8 Å². The molecule has 0 spiro atoms. The summed E-state index contributed by atoms with van der Waals surface area (Å²) < 4.78 is 5.84. The van der Waals surface area contributed by atoms with E-state index in [1.54, 1.807) is 36.8 Å². The van der Waals surface area contributed by atoms with Gasteiger partial charge in [-0.15, -0.1) is 0 Å². The number of carbonyl (C=O) groups excluding carboxylic acids is 1. The van der Waals surface area contributed by atoms with Crippen molar-refractivity contribution >= 4 is 23.6 Å². The second-order valence-electron chi connectivity index (χ2n) is 6.32. The Kier molecular flexibility index (Phi) is 5.19. The van der Waals surface area contributed by atoms with E-state index >= 15 is 0 Å². The molecule has 2 fully saturated rings. The molecule has 0 radical (unpaired) electrons. The Labute approximate surface area is 156 Å². The van der Waals surface area contributed by atoms with E-state index < -0.39 is 0 Å². The SMILES string of the molecule is O=C(c1ccc(OC2CCSC2)nc1)N1CCN(c2ncccn2)CC1. The van der Waals surface area contributed by atoms with E-state index in [9.17, 15) is 4.79 Å². The van der Waals surface area contributed by atoms with Crippen LogP contribution in [0, 0.1) is 0 Å². The maximum atomic E-state index is 12.7. The summed E-state index contributed by atoms with van der Waals surface area (Å²) in [5, 5.41) is 0. The molecule has 2 aromatic heterocycles. The maximum Gasteiger partial charge on any atom is 0.255 e. The molecule has 7 nitrogen and oxygen atoms in total. The number of amides is 1. The van der Waals surface area contributed by atoms with Crippen LogP contribution in [-0.4, -0.2) is 69.5 Å². The smallest absolute Gasteiger partial charge is 0.255 e. The highest BCUT2D eigenvalue weighted by molar-refractivity contribution is 7.99. The van der Waals surface area contributed by atoms with Gasteiger partial charge in [0.25, 0.3) is 5.91 Å². The summed E-state index contributed by atoms with van der Waals surface area (Å²) in [5.41, 5.74) is 0.600. The molecule has 4 rings (SSSR count).